The molecular weight excluding hydrogens is 272 g/mol. The van der Waals surface area contributed by atoms with E-state index >= 15 is 0 Å². The molecule has 1 aliphatic carbocycles. The molecule has 1 saturated carbocycles. The Morgan fingerprint density at radius 2 is 1.86 bits per heavy atom. The van der Waals surface area contributed by atoms with E-state index in [-0.39, 0.29) is 36.2 Å². The Morgan fingerprint density at radius 1 is 1.14 bits per heavy atom. The summed E-state index contributed by atoms with van der Waals surface area (Å²) in [5.41, 5.74) is 5.47. The molecule has 0 aromatic heterocycles. The van der Waals surface area contributed by atoms with Crippen LogP contribution in [0.3, 0.4) is 0 Å². The molecule has 6 heteroatoms. The fourth-order valence-corrected chi connectivity index (χ4v) is 3.85. The van der Waals surface area contributed by atoms with Crippen LogP contribution in [0, 0.1) is 11.8 Å². The van der Waals surface area contributed by atoms with Gasteiger partial charge in [0.05, 0.1) is 6.10 Å². The largest absolute Gasteiger partial charge is 0.369 e. The van der Waals surface area contributed by atoms with E-state index in [1.165, 1.54) is 4.90 Å². The normalized spacial score (nSPS) is 30.0. The molecule has 0 bridgehead atoms. The van der Waals surface area contributed by atoms with Crippen molar-refractivity contribution in [2.75, 3.05) is 13.2 Å². The van der Waals surface area contributed by atoms with Gasteiger partial charge in [-0.3, -0.25) is 14.4 Å². The van der Waals surface area contributed by atoms with Crippen LogP contribution in [0.4, 0.5) is 0 Å². The van der Waals surface area contributed by atoms with Crippen LogP contribution in [0.1, 0.15) is 38.5 Å². The Labute approximate surface area is 124 Å². The lowest BCUT2D eigenvalue weighted by Crippen LogP contribution is -2.49. The topological polar surface area (TPSA) is 89.7 Å². The highest BCUT2D eigenvalue weighted by molar-refractivity contribution is 6.15. The summed E-state index contributed by atoms with van der Waals surface area (Å²) in [4.78, 5) is 38.0. The average Bonchev–Trinajstić information content (AvgIpc) is 3.03. The molecule has 2 saturated heterocycles. The number of rotatable bonds is 3. The molecule has 2 aliphatic heterocycles. The lowest BCUT2D eigenvalue weighted by Gasteiger charge is -2.31. The minimum atomic E-state index is -0.637. The predicted octanol–water partition coefficient (Wildman–Crippen LogP) is 0.195. The molecule has 2 unspecified atom stereocenters. The van der Waals surface area contributed by atoms with Crippen molar-refractivity contribution >= 4 is 17.6 Å². The van der Waals surface area contributed by atoms with Crippen LogP contribution in [0.15, 0.2) is 0 Å². The van der Waals surface area contributed by atoms with Crippen molar-refractivity contribution in [3.05, 3.63) is 5.92 Å². The number of nitrogens with zero attached hydrogens (tertiary/aromatic N) is 1. The molecular formula is C15H21N2O4. The summed E-state index contributed by atoms with van der Waals surface area (Å²) in [5.74, 6) is -0.920. The first-order chi connectivity index (χ1) is 10.1. The van der Waals surface area contributed by atoms with E-state index in [9.17, 15) is 14.4 Å². The zero-order valence-electron chi connectivity index (χ0n) is 12.0. The van der Waals surface area contributed by atoms with E-state index in [2.05, 4.69) is 0 Å². The van der Waals surface area contributed by atoms with Gasteiger partial charge in [-0.2, -0.15) is 0 Å². The minimum absolute atomic E-state index is 0.0553. The first-order valence-corrected chi connectivity index (χ1v) is 7.71. The third-order valence-electron chi connectivity index (χ3n) is 4.88. The molecule has 0 aromatic carbocycles. The van der Waals surface area contributed by atoms with Gasteiger partial charge in [0.15, 0.2) is 11.7 Å². The van der Waals surface area contributed by atoms with E-state index in [0.29, 0.717) is 13.0 Å². The van der Waals surface area contributed by atoms with Gasteiger partial charge in [0, 0.05) is 6.54 Å². The fourth-order valence-electron chi connectivity index (χ4n) is 3.85. The number of amides is 2. The van der Waals surface area contributed by atoms with E-state index in [0.717, 1.165) is 32.1 Å². The summed E-state index contributed by atoms with van der Waals surface area (Å²) in [5, 5.41) is 0. The fraction of sp³-hybridized carbons (Fsp3) is 0.733. The van der Waals surface area contributed by atoms with Gasteiger partial charge in [-0.25, -0.2) is 0 Å². The van der Waals surface area contributed by atoms with Gasteiger partial charge in [-0.15, -0.1) is 0 Å². The summed E-state index contributed by atoms with van der Waals surface area (Å²) in [6, 6.07) is -0.518. The molecule has 1 radical (unpaired) electrons. The van der Waals surface area contributed by atoms with Crippen molar-refractivity contribution in [2.24, 2.45) is 11.7 Å². The van der Waals surface area contributed by atoms with Crippen LogP contribution >= 0.6 is 0 Å². The van der Waals surface area contributed by atoms with E-state index in [4.69, 9.17) is 10.5 Å². The van der Waals surface area contributed by atoms with Crippen molar-refractivity contribution in [1.29, 1.82) is 0 Å². The standard InChI is InChI=1S/C15H21N2O4/c16-14(19)12(9-4-2-1-3-5-9)15(20)17-7-6-11-13(17)10(18)8-21-11/h9,11,13H,1-8H2,(H2,16,19). The Bertz CT molecular complexity index is 459. The molecule has 0 aromatic rings. The molecule has 3 aliphatic rings. The molecule has 3 fully saturated rings. The maximum Gasteiger partial charge on any atom is 0.240 e. The zero-order valence-corrected chi connectivity index (χ0v) is 12.0. The quantitative estimate of drug-likeness (QED) is 0.752. The van der Waals surface area contributed by atoms with Crippen LogP contribution < -0.4 is 5.73 Å². The number of ketones is 1. The first-order valence-electron chi connectivity index (χ1n) is 7.71. The molecule has 2 heterocycles. The number of hydrogen-bond acceptors (Lipinski definition) is 4. The third-order valence-corrected chi connectivity index (χ3v) is 4.88. The molecule has 6 nitrogen and oxygen atoms in total. The monoisotopic (exact) mass is 293 g/mol. The molecule has 2 N–H and O–H groups in total. The molecule has 21 heavy (non-hydrogen) atoms. The smallest absolute Gasteiger partial charge is 0.240 e. The van der Waals surface area contributed by atoms with Crippen molar-refractivity contribution < 1.29 is 19.1 Å². The van der Waals surface area contributed by atoms with E-state index in [1.54, 1.807) is 0 Å². The number of likely N-dealkylation sites (tertiary alicyclic amines) is 1. The Balaban J connectivity index is 1.77. The number of hydrogen-bond donors (Lipinski definition) is 1. The van der Waals surface area contributed by atoms with E-state index < -0.39 is 11.9 Å². The first kappa shape index (κ1) is 14.5. The van der Waals surface area contributed by atoms with Crippen LogP contribution in [0.2, 0.25) is 0 Å². The molecule has 115 valence electrons. The number of carbonyl (C=O) groups is 3. The lowest BCUT2D eigenvalue weighted by atomic mass is 9.79. The maximum absolute atomic E-state index is 12.8. The Morgan fingerprint density at radius 3 is 2.52 bits per heavy atom. The highest BCUT2D eigenvalue weighted by Crippen LogP contribution is 2.35. The molecule has 0 spiro atoms. The SMILES string of the molecule is NC(=O)[C](C(=O)N1CCC2OCC(=O)C21)C1CCCCC1. The maximum atomic E-state index is 12.8. The predicted molar refractivity (Wildman–Crippen MR) is 73.9 cm³/mol. The van der Waals surface area contributed by atoms with Crippen LogP contribution in [0.25, 0.3) is 0 Å². The number of Topliss-reactive ketones (excluding diaryl/α,β-unsaturated/α-hetero) is 1. The highest BCUT2D eigenvalue weighted by atomic mass is 16.5. The van der Waals surface area contributed by atoms with Crippen molar-refractivity contribution in [1.82, 2.24) is 4.90 Å². The van der Waals surface area contributed by atoms with Gasteiger partial charge in [0.25, 0.3) is 0 Å². The van der Waals surface area contributed by atoms with Gasteiger partial charge in [-0.05, 0) is 25.2 Å². The van der Waals surface area contributed by atoms with Crippen molar-refractivity contribution in [3.63, 3.8) is 0 Å². The summed E-state index contributed by atoms with van der Waals surface area (Å²) in [7, 11) is 0. The third kappa shape index (κ3) is 2.57. The van der Waals surface area contributed by atoms with Crippen molar-refractivity contribution in [3.8, 4) is 0 Å². The van der Waals surface area contributed by atoms with Gasteiger partial charge in [-0.1, -0.05) is 19.3 Å². The second kappa shape index (κ2) is 5.75. The number of nitrogens with two attached hydrogens (primary N) is 1. The van der Waals surface area contributed by atoms with Gasteiger partial charge in [0.2, 0.25) is 11.8 Å². The molecule has 2 atom stereocenters. The number of ether oxygens (including phenoxy) is 1. The number of carbonyl (C=O) groups excluding carboxylic acids is 3. The second-order valence-corrected chi connectivity index (χ2v) is 6.16. The minimum Gasteiger partial charge on any atom is -0.369 e. The highest BCUT2D eigenvalue weighted by Gasteiger charge is 2.50. The lowest BCUT2D eigenvalue weighted by molar-refractivity contribution is -0.138. The van der Waals surface area contributed by atoms with Crippen LogP contribution in [0.5, 0.6) is 0 Å². The molecule has 3 rings (SSSR count). The summed E-state index contributed by atoms with van der Waals surface area (Å²) in [6.07, 6.45) is 5.27. The summed E-state index contributed by atoms with van der Waals surface area (Å²) < 4.78 is 5.39. The van der Waals surface area contributed by atoms with Gasteiger partial charge < -0.3 is 15.4 Å². The van der Waals surface area contributed by atoms with Crippen LogP contribution in [-0.2, 0) is 19.1 Å². The number of fused-ring (bicyclic) bond motifs is 1. The number of primary amides is 1. The molecule has 2 amide bonds. The van der Waals surface area contributed by atoms with Gasteiger partial charge in [0.1, 0.15) is 12.6 Å². The Kier molecular flexibility index (Phi) is 3.97. The summed E-state index contributed by atoms with van der Waals surface area (Å²) >= 11 is 0. The van der Waals surface area contributed by atoms with Gasteiger partial charge >= 0.3 is 0 Å². The Hall–Kier alpha value is -1.43. The average molecular weight is 293 g/mol. The van der Waals surface area contributed by atoms with Crippen LogP contribution in [-0.4, -0.2) is 47.8 Å². The summed E-state index contributed by atoms with van der Waals surface area (Å²) in [6.45, 7) is 0.526. The van der Waals surface area contributed by atoms with Crippen molar-refractivity contribution in [2.45, 2.75) is 50.7 Å². The second-order valence-electron chi connectivity index (χ2n) is 6.16. The van der Waals surface area contributed by atoms with E-state index in [1.807, 2.05) is 0 Å². The zero-order chi connectivity index (χ0) is 15.0.